The number of rotatable bonds is 12. The van der Waals surface area contributed by atoms with Crippen molar-refractivity contribution in [1.29, 1.82) is 0 Å². The summed E-state index contributed by atoms with van der Waals surface area (Å²) in [5, 5.41) is 0. The van der Waals surface area contributed by atoms with Crippen LogP contribution in [0, 0.1) is 17.5 Å². The molecule has 7 heteroatoms. The summed E-state index contributed by atoms with van der Waals surface area (Å²) < 4.78 is 55.2. The van der Waals surface area contributed by atoms with Gasteiger partial charge in [0.15, 0.2) is 0 Å². The molecule has 0 heterocycles. The number of unbranched alkanes of at least 4 members (excludes halogenated alkanes) is 5. The molecular formula is C16H25F3O3Si. The Kier molecular flexibility index (Phi) is 10.2. The van der Waals surface area contributed by atoms with Gasteiger partial charge in [0.2, 0.25) is 0 Å². The average Bonchev–Trinajstić information content (AvgIpc) is 2.51. The Morgan fingerprint density at radius 1 is 0.826 bits per heavy atom. The summed E-state index contributed by atoms with van der Waals surface area (Å²) >= 11 is 0. The summed E-state index contributed by atoms with van der Waals surface area (Å²) in [6.07, 6.45) is 5.91. The third-order valence-corrected chi connectivity index (χ3v) is 4.84. The minimum absolute atomic E-state index is 0.0186. The molecule has 0 aromatic heterocycles. The standard InChI is InChI=1S/C16H25F3O3Si/c1-20-23(21-2)22-10-8-6-4-3-5-7-9-14-15(18)11-13(17)12-16(14)19/h11-12,23H,3-10H2,1-2H3. The third-order valence-electron chi connectivity index (χ3n) is 3.57. The quantitative estimate of drug-likeness (QED) is 0.421. The lowest BCUT2D eigenvalue weighted by molar-refractivity contribution is 0.133. The van der Waals surface area contributed by atoms with E-state index >= 15 is 0 Å². The fraction of sp³-hybridized carbons (Fsp3) is 0.625. The maximum absolute atomic E-state index is 13.4. The lowest BCUT2D eigenvalue weighted by Crippen LogP contribution is -2.24. The first-order valence-corrected chi connectivity index (χ1v) is 9.30. The first-order valence-electron chi connectivity index (χ1n) is 7.89. The largest absolute Gasteiger partial charge is 0.483 e. The van der Waals surface area contributed by atoms with Crippen molar-refractivity contribution >= 4 is 9.53 Å². The Labute approximate surface area is 137 Å². The smallest absolute Gasteiger partial charge is 0.379 e. The van der Waals surface area contributed by atoms with Crippen molar-refractivity contribution < 1.29 is 26.4 Å². The van der Waals surface area contributed by atoms with E-state index in [2.05, 4.69) is 0 Å². The molecule has 0 aliphatic rings. The second-order valence-electron chi connectivity index (χ2n) is 5.35. The SMILES string of the molecule is CO[SiH](OC)OCCCCCCCCc1c(F)cc(F)cc1F. The number of hydrogen-bond donors (Lipinski definition) is 0. The number of benzene rings is 1. The molecule has 0 aliphatic carbocycles. The van der Waals surface area contributed by atoms with Gasteiger partial charge in [0.25, 0.3) is 0 Å². The minimum Gasteiger partial charge on any atom is -0.379 e. The number of halogens is 3. The molecule has 0 bridgehead atoms. The van der Waals surface area contributed by atoms with Gasteiger partial charge in [-0.2, -0.15) is 0 Å². The summed E-state index contributed by atoms with van der Waals surface area (Å²) in [6, 6.07) is 1.46. The fourth-order valence-corrected chi connectivity index (χ4v) is 3.16. The van der Waals surface area contributed by atoms with Crippen molar-refractivity contribution in [2.24, 2.45) is 0 Å². The maximum atomic E-state index is 13.4. The summed E-state index contributed by atoms with van der Waals surface area (Å²) in [5.41, 5.74) is -0.0186. The van der Waals surface area contributed by atoms with Gasteiger partial charge < -0.3 is 13.3 Å². The molecule has 1 rings (SSSR count). The zero-order valence-electron chi connectivity index (χ0n) is 13.7. The van der Waals surface area contributed by atoms with E-state index in [1.54, 1.807) is 14.2 Å². The summed E-state index contributed by atoms with van der Waals surface area (Å²) in [6.45, 7) is 0.630. The molecule has 0 aliphatic heterocycles. The Balaban J connectivity index is 2.06. The normalized spacial score (nSPS) is 11.4. The van der Waals surface area contributed by atoms with E-state index in [1.165, 1.54) is 0 Å². The molecule has 0 spiro atoms. The lowest BCUT2D eigenvalue weighted by Gasteiger charge is -2.11. The molecule has 0 N–H and O–H groups in total. The molecule has 1 aromatic carbocycles. The van der Waals surface area contributed by atoms with Crippen LogP contribution in [0.2, 0.25) is 0 Å². The molecule has 0 radical (unpaired) electrons. The van der Waals surface area contributed by atoms with Gasteiger partial charge in [0, 0.05) is 38.5 Å². The van der Waals surface area contributed by atoms with Crippen molar-refractivity contribution in [2.45, 2.75) is 44.9 Å². The van der Waals surface area contributed by atoms with Gasteiger partial charge in [0.1, 0.15) is 17.5 Å². The monoisotopic (exact) mass is 350 g/mol. The Hall–Kier alpha value is -0.893. The number of hydrogen-bond acceptors (Lipinski definition) is 3. The highest BCUT2D eigenvalue weighted by molar-refractivity contribution is 6.36. The molecular weight excluding hydrogens is 325 g/mol. The highest BCUT2D eigenvalue weighted by Crippen LogP contribution is 2.18. The first-order chi connectivity index (χ1) is 11.1. The Morgan fingerprint density at radius 3 is 1.91 bits per heavy atom. The van der Waals surface area contributed by atoms with Crippen molar-refractivity contribution in [1.82, 2.24) is 0 Å². The van der Waals surface area contributed by atoms with Gasteiger partial charge in [-0.25, -0.2) is 13.2 Å². The highest BCUT2D eigenvalue weighted by atomic mass is 28.3. The molecule has 3 nitrogen and oxygen atoms in total. The Bertz CT molecular complexity index is 433. The highest BCUT2D eigenvalue weighted by Gasteiger charge is 2.11. The van der Waals surface area contributed by atoms with Crippen molar-refractivity contribution in [3.05, 3.63) is 35.1 Å². The maximum Gasteiger partial charge on any atom is 0.483 e. The van der Waals surface area contributed by atoms with Gasteiger partial charge >= 0.3 is 9.53 Å². The van der Waals surface area contributed by atoms with Gasteiger partial charge in [-0.3, -0.25) is 0 Å². The Morgan fingerprint density at radius 2 is 1.35 bits per heavy atom. The molecule has 0 saturated heterocycles. The molecule has 23 heavy (non-hydrogen) atoms. The van der Waals surface area contributed by atoms with Crippen LogP contribution in [0.25, 0.3) is 0 Å². The van der Waals surface area contributed by atoms with E-state index in [4.69, 9.17) is 13.3 Å². The van der Waals surface area contributed by atoms with Crippen LogP contribution in [0.15, 0.2) is 12.1 Å². The van der Waals surface area contributed by atoms with Crippen LogP contribution in [-0.2, 0) is 19.7 Å². The van der Waals surface area contributed by atoms with E-state index in [0.29, 0.717) is 19.4 Å². The van der Waals surface area contributed by atoms with Crippen LogP contribution in [-0.4, -0.2) is 30.4 Å². The van der Waals surface area contributed by atoms with E-state index < -0.39 is 27.0 Å². The molecule has 0 atom stereocenters. The topological polar surface area (TPSA) is 27.7 Å². The van der Waals surface area contributed by atoms with Crippen molar-refractivity contribution in [2.75, 3.05) is 20.8 Å². The third kappa shape index (κ3) is 7.96. The zero-order chi connectivity index (χ0) is 17.1. The van der Waals surface area contributed by atoms with Crippen LogP contribution in [0.3, 0.4) is 0 Å². The molecule has 0 fully saturated rings. The minimum atomic E-state index is -1.91. The van der Waals surface area contributed by atoms with Crippen LogP contribution >= 0.6 is 0 Å². The summed E-state index contributed by atoms with van der Waals surface area (Å²) in [4.78, 5) is 0. The van der Waals surface area contributed by atoms with E-state index in [-0.39, 0.29) is 5.56 Å². The summed E-state index contributed by atoms with van der Waals surface area (Å²) in [5.74, 6) is -2.47. The lowest BCUT2D eigenvalue weighted by atomic mass is 10.0. The molecule has 132 valence electrons. The van der Waals surface area contributed by atoms with Crippen LogP contribution in [0.5, 0.6) is 0 Å². The van der Waals surface area contributed by atoms with E-state index in [1.807, 2.05) is 0 Å². The van der Waals surface area contributed by atoms with E-state index in [0.717, 1.165) is 44.2 Å². The molecule has 0 saturated carbocycles. The second kappa shape index (κ2) is 11.6. The molecule has 0 amide bonds. The predicted molar refractivity (Wildman–Crippen MR) is 84.8 cm³/mol. The average molecular weight is 350 g/mol. The summed E-state index contributed by atoms with van der Waals surface area (Å²) in [7, 11) is 1.24. The van der Waals surface area contributed by atoms with Crippen molar-refractivity contribution in [3.63, 3.8) is 0 Å². The first kappa shape index (κ1) is 20.2. The predicted octanol–water partition coefficient (Wildman–Crippen LogP) is 4.01. The van der Waals surface area contributed by atoms with E-state index in [9.17, 15) is 13.2 Å². The van der Waals surface area contributed by atoms with Gasteiger partial charge in [-0.1, -0.05) is 25.7 Å². The molecule has 0 unspecified atom stereocenters. The van der Waals surface area contributed by atoms with Gasteiger partial charge in [-0.15, -0.1) is 0 Å². The van der Waals surface area contributed by atoms with Gasteiger partial charge in [0.05, 0.1) is 0 Å². The van der Waals surface area contributed by atoms with Crippen LogP contribution in [0.4, 0.5) is 13.2 Å². The zero-order valence-corrected chi connectivity index (χ0v) is 14.9. The second-order valence-corrected chi connectivity index (χ2v) is 7.20. The van der Waals surface area contributed by atoms with Crippen LogP contribution < -0.4 is 0 Å². The van der Waals surface area contributed by atoms with Crippen molar-refractivity contribution in [3.8, 4) is 0 Å². The van der Waals surface area contributed by atoms with Gasteiger partial charge in [-0.05, 0) is 19.3 Å². The molecule has 1 aromatic rings. The van der Waals surface area contributed by atoms with Crippen LogP contribution in [0.1, 0.15) is 44.1 Å². The fourth-order valence-electron chi connectivity index (χ4n) is 2.33.